The van der Waals surface area contributed by atoms with Crippen LogP contribution in [-0.4, -0.2) is 59.3 Å². The third-order valence-corrected chi connectivity index (χ3v) is 7.59. The van der Waals surface area contributed by atoms with Gasteiger partial charge in [0, 0.05) is 68.0 Å². The number of likely N-dealkylation sites (tertiary alicyclic amines) is 1. The molecule has 0 saturated carbocycles. The number of imidazole rings is 1. The molecule has 1 saturated heterocycles. The lowest BCUT2D eigenvalue weighted by Gasteiger charge is -2.32. The van der Waals surface area contributed by atoms with Crippen LogP contribution in [0.15, 0.2) is 55.0 Å². The highest BCUT2D eigenvalue weighted by Crippen LogP contribution is 2.38. The normalized spacial score (nSPS) is 14.2. The van der Waals surface area contributed by atoms with Crippen LogP contribution in [0, 0.1) is 6.92 Å². The number of piperidine rings is 1. The lowest BCUT2D eigenvalue weighted by atomic mass is 9.95. The van der Waals surface area contributed by atoms with Crippen LogP contribution < -0.4 is 14.2 Å². The van der Waals surface area contributed by atoms with Crippen LogP contribution in [0.5, 0.6) is 17.2 Å². The summed E-state index contributed by atoms with van der Waals surface area (Å²) in [5.74, 6) is 3.45. The number of para-hydroxylation sites is 1. The van der Waals surface area contributed by atoms with Crippen LogP contribution in [-0.2, 0) is 17.9 Å². The molecule has 8 nitrogen and oxygen atoms in total. The first-order chi connectivity index (χ1) is 18.5. The van der Waals surface area contributed by atoms with Gasteiger partial charge in [0.15, 0.2) is 11.5 Å². The van der Waals surface area contributed by atoms with Crippen LogP contribution in [0.2, 0.25) is 0 Å². The molecule has 0 bridgehead atoms. The maximum Gasteiger partial charge on any atom is 0.224 e. The largest absolute Gasteiger partial charge is 0.493 e. The number of carbonyl (C=O) groups is 1. The van der Waals surface area contributed by atoms with E-state index >= 15 is 0 Å². The average Bonchev–Trinajstić information content (AvgIpc) is 3.55. The number of hydrogen-bond acceptors (Lipinski definition) is 5. The molecule has 1 aliphatic heterocycles. The predicted molar refractivity (Wildman–Crippen MR) is 147 cm³/mol. The summed E-state index contributed by atoms with van der Waals surface area (Å²) in [7, 11) is 4.86. The fraction of sp³-hybridized carbons (Fsp3) is 0.400. The molecule has 0 N–H and O–H groups in total. The van der Waals surface area contributed by atoms with Crippen LogP contribution in [0.25, 0.3) is 10.9 Å². The number of methoxy groups -OCH3 is 3. The van der Waals surface area contributed by atoms with Crippen molar-refractivity contribution in [3.8, 4) is 17.2 Å². The number of amides is 1. The van der Waals surface area contributed by atoms with Gasteiger partial charge in [-0.1, -0.05) is 18.2 Å². The number of fused-ring (bicyclic) bond motifs is 1. The summed E-state index contributed by atoms with van der Waals surface area (Å²) in [5, 5.41) is 1.25. The average molecular weight is 517 g/mol. The van der Waals surface area contributed by atoms with E-state index in [1.807, 2.05) is 29.4 Å². The van der Waals surface area contributed by atoms with Gasteiger partial charge in [-0.25, -0.2) is 4.98 Å². The lowest BCUT2D eigenvalue weighted by Crippen LogP contribution is -2.38. The standard InChI is InChI=1S/C30H36N4O4/c1-21-19-33(25-8-6-5-7-24(21)25)15-11-28(35)32-13-9-23(10-14-32)30-31-12-16-34(30)20-22-17-26(36-2)29(38-4)27(18-22)37-3/h5-8,12,16-19,23H,9-11,13-15,20H2,1-4H3. The number of aryl methyl sites for hydroxylation is 2. The number of ether oxygens (including phenoxy) is 3. The minimum atomic E-state index is 0.222. The smallest absolute Gasteiger partial charge is 0.224 e. The molecule has 2 aromatic carbocycles. The van der Waals surface area contributed by atoms with E-state index < -0.39 is 0 Å². The minimum absolute atomic E-state index is 0.222. The van der Waals surface area contributed by atoms with Gasteiger partial charge in [-0.15, -0.1) is 0 Å². The van der Waals surface area contributed by atoms with Crippen LogP contribution >= 0.6 is 0 Å². The Labute approximate surface area is 223 Å². The van der Waals surface area contributed by atoms with Crippen molar-refractivity contribution in [1.82, 2.24) is 19.0 Å². The van der Waals surface area contributed by atoms with Crippen LogP contribution in [0.1, 0.15) is 42.1 Å². The van der Waals surface area contributed by atoms with E-state index in [-0.39, 0.29) is 5.91 Å². The summed E-state index contributed by atoms with van der Waals surface area (Å²) in [5.41, 5.74) is 3.48. The van der Waals surface area contributed by atoms with Gasteiger partial charge in [-0.2, -0.15) is 0 Å². The Bertz CT molecular complexity index is 1390. The maximum absolute atomic E-state index is 13.0. The second-order valence-corrected chi connectivity index (χ2v) is 9.87. The van der Waals surface area contributed by atoms with Crippen molar-refractivity contribution in [2.45, 2.75) is 45.2 Å². The first-order valence-electron chi connectivity index (χ1n) is 13.1. The van der Waals surface area contributed by atoms with E-state index in [0.717, 1.165) is 37.3 Å². The molecule has 0 aliphatic carbocycles. The Kier molecular flexibility index (Phi) is 7.58. The molecule has 0 radical (unpaired) electrons. The van der Waals surface area contributed by atoms with Crippen molar-refractivity contribution in [1.29, 1.82) is 0 Å². The van der Waals surface area contributed by atoms with Crippen molar-refractivity contribution in [3.05, 3.63) is 71.9 Å². The summed E-state index contributed by atoms with van der Waals surface area (Å²) in [6.07, 6.45) is 8.34. The molecule has 38 heavy (non-hydrogen) atoms. The third kappa shape index (κ3) is 5.08. The molecule has 1 fully saturated rings. The Hall–Kier alpha value is -3.94. The Morgan fingerprint density at radius 3 is 2.39 bits per heavy atom. The molecule has 3 heterocycles. The van der Waals surface area contributed by atoms with Gasteiger partial charge in [0.2, 0.25) is 11.7 Å². The van der Waals surface area contributed by atoms with Crippen molar-refractivity contribution < 1.29 is 19.0 Å². The Morgan fingerprint density at radius 1 is 1.00 bits per heavy atom. The summed E-state index contributed by atoms with van der Waals surface area (Å²) >= 11 is 0. The summed E-state index contributed by atoms with van der Waals surface area (Å²) in [6.45, 7) is 4.98. The fourth-order valence-corrected chi connectivity index (χ4v) is 5.61. The fourth-order valence-electron chi connectivity index (χ4n) is 5.61. The Morgan fingerprint density at radius 2 is 1.71 bits per heavy atom. The first-order valence-corrected chi connectivity index (χ1v) is 13.1. The van der Waals surface area contributed by atoms with Gasteiger partial charge < -0.3 is 28.2 Å². The molecule has 5 rings (SSSR count). The molecular formula is C30H36N4O4. The van der Waals surface area contributed by atoms with E-state index in [4.69, 9.17) is 19.2 Å². The number of rotatable bonds is 9. The third-order valence-electron chi connectivity index (χ3n) is 7.59. The maximum atomic E-state index is 13.0. The monoisotopic (exact) mass is 516 g/mol. The molecule has 200 valence electrons. The number of nitrogens with zero attached hydrogens (tertiary/aromatic N) is 4. The van der Waals surface area contributed by atoms with Crippen molar-refractivity contribution in [3.63, 3.8) is 0 Å². The topological polar surface area (TPSA) is 70.8 Å². The van der Waals surface area contributed by atoms with E-state index in [1.165, 1.54) is 16.5 Å². The van der Waals surface area contributed by atoms with Crippen LogP contribution in [0.3, 0.4) is 0 Å². The van der Waals surface area contributed by atoms with Gasteiger partial charge in [-0.05, 0) is 49.1 Å². The van der Waals surface area contributed by atoms with Crippen molar-refractivity contribution in [2.75, 3.05) is 34.4 Å². The van der Waals surface area contributed by atoms with Gasteiger partial charge >= 0.3 is 0 Å². The highest BCUT2D eigenvalue weighted by molar-refractivity contribution is 5.84. The lowest BCUT2D eigenvalue weighted by molar-refractivity contribution is -0.132. The van der Waals surface area contributed by atoms with Gasteiger partial charge in [-0.3, -0.25) is 4.79 Å². The van der Waals surface area contributed by atoms with E-state index in [0.29, 0.717) is 42.7 Å². The number of carbonyl (C=O) groups excluding carboxylic acids is 1. The second kappa shape index (κ2) is 11.2. The van der Waals surface area contributed by atoms with E-state index in [9.17, 15) is 4.79 Å². The van der Waals surface area contributed by atoms with E-state index in [1.54, 1.807) is 21.3 Å². The quantitative estimate of drug-likeness (QED) is 0.313. The van der Waals surface area contributed by atoms with Gasteiger partial charge in [0.05, 0.1) is 21.3 Å². The number of benzene rings is 2. The summed E-state index contributed by atoms with van der Waals surface area (Å²) in [4.78, 5) is 19.8. The first kappa shape index (κ1) is 25.7. The molecule has 0 unspecified atom stereocenters. The minimum Gasteiger partial charge on any atom is -0.493 e. The Balaban J connectivity index is 1.20. The molecule has 0 spiro atoms. The number of aromatic nitrogens is 3. The summed E-state index contributed by atoms with van der Waals surface area (Å²) in [6, 6.07) is 12.3. The molecule has 2 aromatic heterocycles. The molecule has 4 aromatic rings. The van der Waals surface area contributed by atoms with Crippen molar-refractivity contribution in [2.24, 2.45) is 0 Å². The molecular weight excluding hydrogens is 480 g/mol. The van der Waals surface area contributed by atoms with Gasteiger partial charge in [0.1, 0.15) is 5.82 Å². The molecule has 1 aliphatic rings. The number of hydrogen-bond donors (Lipinski definition) is 0. The zero-order valence-electron chi connectivity index (χ0n) is 22.6. The van der Waals surface area contributed by atoms with Gasteiger partial charge in [0.25, 0.3) is 0 Å². The predicted octanol–water partition coefficient (Wildman–Crippen LogP) is 5.02. The van der Waals surface area contributed by atoms with E-state index in [2.05, 4.69) is 46.5 Å². The highest BCUT2D eigenvalue weighted by Gasteiger charge is 2.26. The molecule has 1 amide bonds. The second-order valence-electron chi connectivity index (χ2n) is 9.87. The SMILES string of the molecule is COc1cc(Cn2ccnc2C2CCN(C(=O)CCn3cc(C)c4ccccc43)CC2)cc(OC)c1OC. The molecule has 0 atom stereocenters. The van der Waals surface area contributed by atoms with Crippen LogP contribution in [0.4, 0.5) is 0 Å². The summed E-state index contributed by atoms with van der Waals surface area (Å²) < 4.78 is 20.9. The highest BCUT2D eigenvalue weighted by atomic mass is 16.5. The zero-order chi connectivity index (χ0) is 26.6. The molecule has 8 heteroatoms. The van der Waals surface area contributed by atoms with Crippen molar-refractivity contribution >= 4 is 16.8 Å². The zero-order valence-corrected chi connectivity index (χ0v) is 22.6.